The van der Waals surface area contributed by atoms with E-state index in [2.05, 4.69) is 15.5 Å². The highest BCUT2D eigenvalue weighted by Gasteiger charge is 2.15. The van der Waals surface area contributed by atoms with Crippen LogP contribution < -0.4 is 10.1 Å². The fraction of sp³-hybridized carbons (Fsp3) is 0.167. The van der Waals surface area contributed by atoms with E-state index in [4.69, 9.17) is 14.0 Å². The Morgan fingerprint density at radius 2 is 1.92 bits per heavy atom. The zero-order valence-corrected chi connectivity index (χ0v) is 13.9. The zero-order valence-electron chi connectivity index (χ0n) is 13.9. The van der Waals surface area contributed by atoms with Gasteiger partial charge in [0, 0.05) is 5.56 Å². The first kappa shape index (κ1) is 16.5. The molecule has 7 nitrogen and oxygen atoms in total. The fourth-order valence-corrected chi connectivity index (χ4v) is 2.23. The van der Waals surface area contributed by atoms with Crippen molar-refractivity contribution in [3.8, 4) is 17.1 Å². The number of methoxy groups -OCH3 is 1. The number of rotatable bonds is 6. The molecular weight excluding hydrogens is 322 g/mol. The van der Waals surface area contributed by atoms with Crippen molar-refractivity contribution in [2.75, 3.05) is 19.0 Å². The molecule has 1 N–H and O–H groups in total. The maximum atomic E-state index is 12.0. The lowest BCUT2D eigenvalue weighted by atomic mass is 10.2. The van der Waals surface area contributed by atoms with Gasteiger partial charge in [0.1, 0.15) is 5.75 Å². The standard InChI is InChI=1S/C18H17N3O4/c1-3-24-17(22)14-6-4-5-7-15(14)19-18-20-16(21-25-18)12-8-10-13(23-2)11-9-12/h4-11H,3H2,1-2H3,(H,19,20,21). The number of ether oxygens (including phenoxy) is 2. The Kier molecular flexibility index (Phi) is 4.94. The first-order chi connectivity index (χ1) is 12.2. The Morgan fingerprint density at radius 3 is 2.64 bits per heavy atom. The van der Waals surface area contributed by atoms with Crippen LogP contribution in [0, 0.1) is 0 Å². The smallest absolute Gasteiger partial charge is 0.340 e. The Balaban J connectivity index is 1.81. The number of para-hydroxylation sites is 1. The number of carbonyl (C=O) groups is 1. The number of nitrogens with zero attached hydrogens (tertiary/aromatic N) is 2. The summed E-state index contributed by atoms with van der Waals surface area (Å²) in [7, 11) is 1.60. The van der Waals surface area contributed by atoms with E-state index in [1.165, 1.54) is 0 Å². The molecule has 128 valence electrons. The van der Waals surface area contributed by atoms with Gasteiger partial charge in [-0.05, 0) is 43.3 Å². The highest BCUT2D eigenvalue weighted by atomic mass is 16.5. The summed E-state index contributed by atoms with van der Waals surface area (Å²) in [6.45, 7) is 2.06. The molecule has 3 aromatic rings. The van der Waals surface area contributed by atoms with Crippen molar-refractivity contribution < 1.29 is 18.8 Å². The van der Waals surface area contributed by atoms with Crippen molar-refractivity contribution >= 4 is 17.7 Å². The van der Waals surface area contributed by atoms with Gasteiger partial charge in [-0.2, -0.15) is 4.98 Å². The number of esters is 1. The van der Waals surface area contributed by atoms with Crippen LogP contribution in [0.5, 0.6) is 5.75 Å². The third-order valence-corrected chi connectivity index (χ3v) is 3.44. The molecule has 0 saturated heterocycles. The van der Waals surface area contributed by atoms with Crippen molar-refractivity contribution in [1.29, 1.82) is 0 Å². The van der Waals surface area contributed by atoms with Crippen LogP contribution in [0.1, 0.15) is 17.3 Å². The second-order valence-electron chi connectivity index (χ2n) is 5.04. The number of hydrogen-bond acceptors (Lipinski definition) is 7. The van der Waals surface area contributed by atoms with Crippen LogP contribution in [-0.4, -0.2) is 29.8 Å². The van der Waals surface area contributed by atoms with Crippen LogP contribution >= 0.6 is 0 Å². The summed E-state index contributed by atoms with van der Waals surface area (Å²) in [5, 5.41) is 6.90. The van der Waals surface area contributed by atoms with Crippen LogP contribution in [0.4, 0.5) is 11.7 Å². The van der Waals surface area contributed by atoms with Gasteiger partial charge in [-0.3, -0.25) is 0 Å². The number of benzene rings is 2. The number of hydrogen-bond donors (Lipinski definition) is 1. The maximum Gasteiger partial charge on any atom is 0.340 e. The lowest BCUT2D eigenvalue weighted by Crippen LogP contribution is -2.07. The van der Waals surface area contributed by atoms with Gasteiger partial charge in [0.05, 0.1) is 25.0 Å². The maximum absolute atomic E-state index is 12.0. The van der Waals surface area contributed by atoms with Gasteiger partial charge in [-0.1, -0.05) is 17.3 Å². The molecule has 0 amide bonds. The highest BCUT2D eigenvalue weighted by molar-refractivity contribution is 5.96. The Labute approximate surface area is 144 Å². The van der Waals surface area contributed by atoms with E-state index in [0.29, 0.717) is 23.7 Å². The van der Waals surface area contributed by atoms with E-state index < -0.39 is 5.97 Å². The van der Waals surface area contributed by atoms with E-state index in [1.807, 2.05) is 24.3 Å². The lowest BCUT2D eigenvalue weighted by Gasteiger charge is -2.07. The summed E-state index contributed by atoms with van der Waals surface area (Å²) in [6, 6.07) is 14.4. The van der Waals surface area contributed by atoms with Gasteiger partial charge in [0.15, 0.2) is 0 Å². The van der Waals surface area contributed by atoms with Gasteiger partial charge >= 0.3 is 12.0 Å². The molecule has 3 rings (SSSR count). The van der Waals surface area contributed by atoms with Crippen molar-refractivity contribution in [3.63, 3.8) is 0 Å². The minimum absolute atomic E-state index is 0.183. The summed E-state index contributed by atoms with van der Waals surface area (Å²) in [4.78, 5) is 16.3. The summed E-state index contributed by atoms with van der Waals surface area (Å²) < 4.78 is 15.4. The van der Waals surface area contributed by atoms with Crippen molar-refractivity contribution in [1.82, 2.24) is 10.1 Å². The molecule has 0 unspecified atom stereocenters. The number of anilines is 2. The topological polar surface area (TPSA) is 86.5 Å². The summed E-state index contributed by atoms with van der Waals surface area (Å²) in [5.41, 5.74) is 1.72. The Bertz CT molecular complexity index is 859. The number of carbonyl (C=O) groups excluding carboxylic acids is 1. The van der Waals surface area contributed by atoms with Gasteiger partial charge in [0.25, 0.3) is 0 Å². The van der Waals surface area contributed by atoms with E-state index in [-0.39, 0.29) is 6.01 Å². The first-order valence-electron chi connectivity index (χ1n) is 7.72. The second-order valence-corrected chi connectivity index (χ2v) is 5.04. The zero-order chi connectivity index (χ0) is 17.6. The molecule has 1 heterocycles. The SMILES string of the molecule is CCOC(=O)c1ccccc1Nc1nc(-c2ccc(OC)cc2)no1. The molecule has 0 bridgehead atoms. The highest BCUT2D eigenvalue weighted by Crippen LogP contribution is 2.24. The van der Waals surface area contributed by atoms with Crippen molar-refractivity contribution in [2.45, 2.75) is 6.92 Å². The predicted molar refractivity (Wildman–Crippen MR) is 92.0 cm³/mol. The van der Waals surface area contributed by atoms with Crippen LogP contribution in [0.25, 0.3) is 11.4 Å². The van der Waals surface area contributed by atoms with E-state index in [9.17, 15) is 4.79 Å². The van der Waals surface area contributed by atoms with E-state index >= 15 is 0 Å². The minimum Gasteiger partial charge on any atom is -0.497 e. The molecule has 0 aliphatic rings. The average molecular weight is 339 g/mol. The molecule has 7 heteroatoms. The van der Waals surface area contributed by atoms with Gasteiger partial charge in [-0.15, -0.1) is 0 Å². The monoisotopic (exact) mass is 339 g/mol. The molecule has 1 aromatic heterocycles. The molecule has 0 radical (unpaired) electrons. The van der Waals surface area contributed by atoms with Crippen molar-refractivity contribution in [2.24, 2.45) is 0 Å². The van der Waals surface area contributed by atoms with Gasteiger partial charge in [0.2, 0.25) is 5.82 Å². The minimum atomic E-state index is -0.416. The van der Waals surface area contributed by atoms with Crippen LogP contribution in [0.3, 0.4) is 0 Å². The Hall–Kier alpha value is -3.35. The molecule has 0 aliphatic heterocycles. The number of nitrogens with one attached hydrogen (secondary N) is 1. The molecule has 2 aromatic carbocycles. The average Bonchev–Trinajstić information content (AvgIpc) is 3.11. The summed E-state index contributed by atoms with van der Waals surface area (Å²) >= 11 is 0. The molecular formula is C18H17N3O4. The first-order valence-corrected chi connectivity index (χ1v) is 7.72. The second kappa shape index (κ2) is 7.48. The Morgan fingerprint density at radius 1 is 1.16 bits per heavy atom. The molecule has 25 heavy (non-hydrogen) atoms. The third-order valence-electron chi connectivity index (χ3n) is 3.44. The van der Waals surface area contributed by atoms with Gasteiger partial charge in [-0.25, -0.2) is 4.79 Å². The van der Waals surface area contributed by atoms with Crippen LogP contribution in [0.2, 0.25) is 0 Å². The summed E-state index contributed by atoms with van der Waals surface area (Å²) in [5.74, 6) is 0.758. The fourth-order valence-electron chi connectivity index (χ4n) is 2.23. The molecule has 0 aliphatic carbocycles. The predicted octanol–water partition coefficient (Wildman–Crippen LogP) is 3.67. The molecule has 0 saturated carbocycles. The lowest BCUT2D eigenvalue weighted by molar-refractivity contribution is 0.0527. The van der Waals surface area contributed by atoms with E-state index in [0.717, 1.165) is 11.3 Å². The quantitative estimate of drug-likeness (QED) is 0.686. The third kappa shape index (κ3) is 3.77. The van der Waals surface area contributed by atoms with E-state index in [1.54, 1.807) is 38.3 Å². The number of aromatic nitrogens is 2. The largest absolute Gasteiger partial charge is 0.497 e. The molecule has 0 spiro atoms. The normalized spacial score (nSPS) is 10.3. The van der Waals surface area contributed by atoms with Crippen molar-refractivity contribution in [3.05, 3.63) is 54.1 Å². The van der Waals surface area contributed by atoms with Crippen LogP contribution in [-0.2, 0) is 4.74 Å². The van der Waals surface area contributed by atoms with Gasteiger partial charge < -0.3 is 19.3 Å². The molecule has 0 atom stereocenters. The summed E-state index contributed by atoms with van der Waals surface area (Å²) in [6.07, 6.45) is 0. The van der Waals surface area contributed by atoms with Crippen LogP contribution in [0.15, 0.2) is 53.1 Å². The molecule has 0 fully saturated rings.